The van der Waals surface area contributed by atoms with E-state index in [0.717, 1.165) is 32.7 Å². The van der Waals surface area contributed by atoms with Crippen molar-refractivity contribution in [3.8, 4) is 5.75 Å². The molecule has 174 valence electrons. The van der Waals surface area contributed by atoms with E-state index in [1.807, 2.05) is 66.7 Å². The maximum Gasteiger partial charge on any atom is 0.229 e. The van der Waals surface area contributed by atoms with Gasteiger partial charge in [0.25, 0.3) is 0 Å². The number of benzene rings is 4. The molecule has 1 unspecified atom stereocenters. The number of hydrogen-bond acceptors (Lipinski definition) is 6. The maximum absolute atomic E-state index is 10.5. The quantitative estimate of drug-likeness (QED) is 0.343. The van der Waals surface area contributed by atoms with Gasteiger partial charge < -0.3 is 29.9 Å². The molecule has 1 fully saturated rings. The summed E-state index contributed by atoms with van der Waals surface area (Å²) in [7, 11) is 0. The smallest absolute Gasteiger partial charge is 0.229 e. The van der Waals surface area contributed by atoms with E-state index in [4.69, 9.17) is 9.47 Å². The van der Waals surface area contributed by atoms with Crippen LogP contribution in [0.3, 0.4) is 0 Å². The Morgan fingerprint density at radius 1 is 0.735 bits per heavy atom. The van der Waals surface area contributed by atoms with E-state index in [1.54, 1.807) is 0 Å². The van der Waals surface area contributed by atoms with Crippen LogP contribution in [0.2, 0.25) is 0 Å². The fourth-order valence-electron chi connectivity index (χ4n) is 4.30. The molecule has 1 heterocycles. The SMILES string of the molecule is OC[C@H]1OC(Oc2c(/C=C/c3ccc4ccccc4c3)ccc3ccccc23)[C@H](O)[C@@H](O)[C@@H]1O. The minimum Gasteiger partial charge on any atom is -0.461 e. The van der Waals surface area contributed by atoms with E-state index in [0.29, 0.717) is 5.75 Å². The molecule has 0 aliphatic carbocycles. The lowest BCUT2D eigenvalue weighted by Crippen LogP contribution is -2.60. The predicted octanol–water partition coefficient (Wildman–Crippen LogP) is 3.34. The van der Waals surface area contributed by atoms with Crippen molar-refractivity contribution in [2.45, 2.75) is 30.7 Å². The summed E-state index contributed by atoms with van der Waals surface area (Å²) in [6.07, 6.45) is -2.85. The fraction of sp³-hybridized carbons (Fsp3) is 0.214. The number of aliphatic hydroxyl groups is 4. The monoisotopic (exact) mass is 458 g/mol. The highest BCUT2D eigenvalue weighted by atomic mass is 16.7. The van der Waals surface area contributed by atoms with Gasteiger partial charge in [0.05, 0.1) is 6.61 Å². The molecule has 0 amide bonds. The lowest BCUT2D eigenvalue weighted by Gasteiger charge is -2.39. The average molecular weight is 459 g/mol. The Labute approximate surface area is 196 Å². The third kappa shape index (κ3) is 4.30. The summed E-state index contributed by atoms with van der Waals surface area (Å²) in [5, 5.41) is 44.3. The van der Waals surface area contributed by atoms with Crippen LogP contribution < -0.4 is 4.74 Å². The number of rotatable bonds is 5. The Balaban J connectivity index is 1.52. The molecular weight excluding hydrogens is 432 g/mol. The van der Waals surface area contributed by atoms with Crippen molar-refractivity contribution in [3.63, 3.8) is 0 Å². The van der Waals surface area contributed by atoms with Crippen molar-refractivity contribution in [2.75, 3.05) is 6.61 Å². The summed E-state index contributed by atoms with van der Waals surface area (Å²) in [5.74, 6) is 0.472. The van der Waals surface area contributed by atoms with Gasteiger partial charge in [0.15, 0.2) is 0 Å². The normalized spacial score (nSPS) is 25.2. The number of fused-ring (bicyclic) bond motifs is 2. The molecule has 5 atom stereocenters. The summed E-state index contributed by atoms with van der Waals surface area (Å²) in [5.41, 5.74) is 1.77. The van der Waals surface area contributed by atoms with E-state index < -0.39 is 37.3 Å². The first-order valence-electron chi connectivity index (χ1n) is 11.2. The highest BCUT2D eigenvalue weighted by Gasteiger charge is 2.45. The van der Waals surface area contributed by atoms with Gasteiger partial charge in [-0.2, -0.15) is 0 Å². The number of ether oxygens (including phenoxy) is 2. The first-order chi connectivity index (χ1) is 16.5. The Morgan fingerprint density at radius 3 is 2.24 bits per heavy atom. The van der Waals surface area contributed by atoms with Crippen LogP contribution in [0.15, 0.2) is 78.9 Å². The first kappa shape index (κ1) is 22.5. The lowest BCUT2D eigenvalue weighted by molar-refractivity contribution is -0.277. The van der Waals surface area contributed by atoms with Crippen LogP contribution in [0.25, 0.3) is 33.7 Å². The molecule has 1 aliphatic heterocycles. The van der Waals surface area contributed by atoms with Gasteiger partial charge in [0, 0.05) is 10.9 Å². The van der Waals surface area contributed by atoms with Crippen LogP contribution >= 0.6 is 0 Å². The van der Waals surface area contributed by atoms with E-state index >= 15 is 0 Å². The third-order valence-electron chi connectivity index (χ3n) is 6.22. The zero-order valence-electron chi connectivity index (χ0n) is 18.4. The highest BCUT2D eigenvalue weighted by molar-refractivity contribution is 5.93. The van der Waals surface area contributed by atoms with Crippen LogP contribution in [0.4, 0.5) is 0 Å². The maximum atomic E-state index is 10.5. The van der Waals surface area contributed by atoms with E-state index in [2.05, 4.69) is 24.3 Å². The van der Waals surface area contributed by atoms with Crippen molar-refractivity contribution < 1.29 is 29.9 Å². The fourth-order valence-corrected chi connectivity index (χ4v) is 4.30. The minimum absolute atomic E-state index is 0.472. The Bertz CT molecular complexity index is 1330. The van der Waals surface area contributed by atoms with Crippen LogP contribution in [0.5, 0.6) is 5.75 Å². The van der Waals surface area contributed by atoms with Gasteiger partial charge in [-0.15, -0.1) is 0 Å². The van der Waals surface area contributed by atoms with E-state index in [-0.39, 0.29) is 0 Å². The number of aliphatic hydroxyl groups excluding tert-OH is 4. The van der Waals surface area contributed by atoms with Crippen molar-refractivity contribution in [3.05, 3.63) is 90.0 Å². The van der Waals surface area contributed by atoms with Crippen LogP contribution in [0.1, 0.15) is 11.1 Å². The van der Waals surface area contributed by atoms with Crippen LogP contribution in [-0.4, -0.2) is 57.7 Å². The molecule has 0 bridgehead atoms. The summed E-state index contributed by atoms with van der Waals surface area (Å²) >= 11 is 0. The summed E-state index contributed by atoms with van der Waals surface area (Å²) in [6.45, 7) is -0.519. The molecule has 5 rings (SSSR count). The molecule has 1 saturated heterocycles. The Kier molecular flexibility index (Phi) is 6.32. The van der Waals surface area contributed by atoms with Crippen molar-refractivity contribution in [1.29, 1.82) is 0 Å². The molecule has 6 nitrogen and oxygen atoms in total. The summed E-state index contributed by atoms with van der Waals surface area (Å²) in [6, 6.07) is 25.9. The lowest BCUT2D eigenvalue weighted by atomic mass is 9.99. The largest absolute Gasteiger partial charge is 0.461 e. The molecule has 6 heteroatoms. The molecule has 4 aromatic rings. The molecule has 34 heavy (non-hydrogen) atoms. The standard InChI is InChI=1S/C28H26O6/c29-16-23-24(30)25(31)26(32)28(33-23)34-27-20(14-13-19-6-3-4-8-22(19)27)12-10-17-9-11-18-5-1-2-7-21(18)15-17/h1-15,23-26,28-32H,16H2/b12-10+/t23-,24-,25+,26-,28?/m1/s1. The van der Waals surface area contributed by atoms with Crippen molar-refractivity contribution in [2.24, 2.45) is 0 Å². The second-order valence-corrected chi connectivity index (χ2v) is 8.46. The topological polar surface area (TPSA) is 99.4 Å². The second-order valence-electron chi connectivity index (χ2n) is 8.46. The van der Waals surface area contributed by atoms with Gasteiger partial charge in [0.1, 0.15) is 30.2 Å². The average Bonchev–Trinajstić information content (AvgIpc) is 2.88. The highest BCUT2D eigenvalue weighted by Crippen LogP contribution is 2.34. The first-order valence-corrected chi connectivity index (χ1v) is 11.2. The van der Waals surface area contributed by atoms with E-state index in [9.17, 15) is 20.4 Å². The molecular formula is C28H26O6. The van der Waals surface area contributed by atoms with E-state index in [1.165, 1.54) is 0 Å². The van der Waals surface area contributed by atoms with Gasteiger partial charge in [-0.1, -0.05) is 84.9 Å². The third-order valence-corrected chi connectivity index (χ3v) is 6.22. The van der Waals surface area contributed by atoms with Gasteiger partial charge >= 0.3 is 0 Å². The molecule has 4 aromatic carbocycles. The molecule has 0 radical (unpaired) electrons. The number of hydrogen-bond donors (Lipinski definition) is 4. The Hall–Kier alpha value is -3.26. The summed E-state index contributed by atoms with van der Waals surface area (Å²) < 4.78 is 11.7. The van der Waals surface area contributed by atoms with Crippen LogP contribution in [-0.2, 0) is 4.74 Å². The van der Waals surface area contributed by atoms with Gasteiger partial charge in [-0.3, -0.25) is 0 Å². The van der Waals surface area contributed by atoms with Crippen molar-refractivity contribution in [1.82, 2.24) is 0 Å². The molecule has 4 N–H and O–H groups in total. The zero-order chi connectivity index (χ0) is 23.7. The predicted molar refractivity (Wildman–Crippen MR) is 131 cm³/mol. The zero-order valence-corrected chi connectivity index (χ0v) is 18.4. The van der Waals surface area contributed by atoms with Gasteiger partial charge in [-0.25, -0.2) is 0 Å². The Morgan fingerprint density at radius 2 is 1.44 bits per heavy atom. The van der Waals surface area contributed by atoms with Gasteiger partial charge in [0.2, 0.25) is 6.29 Å². The molecule has 1 aliphatic rings. The minimum atomic E-state index is -1.51. The van der Waals surface area contributed by atoms with Crippen LogP contribution in [0, 0.1) is 0 Å². The second kappa shape index (κ2) is 9.54. The molecule has 0 saturated carbocycles. The summed E-state index contributed by atoms with van der Waals surface area (Å²) in [4.78, 5) is 0. The molecule has 0 aromatic heterocycles. The van der Waals surface area contributed by atoms with Crippen molar-refractivity contribution >= 4 is 33.7 Å². The van der Waals surface area contributed by atoms with Gasteiger partial charge in [-0.05, 0) is 27.8 Å². The molecule has 0 spiro atoms.